The van der Waals surface area contributed by atoms with Crippen molar-refractivity contribution < 1.29 is 9.53 Å². The van der Waals surface area contributed by atoms with Gasteiger partial charge < -0.3 is 15.4 Å². The van der Waals surface area contributed by atoms with E-state index in [2.05, 4.69) is 10.6 Å². The number of carbonyl (C=O) groups excluding carboxylic acids is 1. The second-order valence-electron chi connectivity index (χ2n) is 4.22. The lowest BCUT2D eigenvalue weighted by atomic mass is 10.1. The molecule has 2 rings (SSSR count). The van der Waals surface area contributed by atoms with Crippen molar-refractivity contribution >= 4 is 18.3 Å². The summed E-state index contributed by atoms with van der Waals surface area (Å²) in [7, 11) is 1.58. The fourth-order valence-electron chi connectivity index (χ4n) is 2.07. The molecule has 1 atom stereocenters. The smallest absolute Gasteiger partial charge is 0.255 e. The third-order valence-corrected chi connectivity index (χ3v) is 2.98. The van der Waals surface area contributed by atoms with Crippen molar-refractivity contribution in [3.8, 4) is 5.75 Å². The van der Waals surface area contributed by atoms with Crippen LogP contribution in [0.5, 0.6) is 5.75 Å². The number of halogens is 1. The number of para-hydroxylation sites is 1. The lowest BCUT2D eigenvalue weighted by Crippen LogP contribution is -2.45. The van der Waals surface area contributed by atoms with Gasteiger partial charge in [-0.2, -0.15) is 0 Å². The molecule has 1 aliphatic heterocycles. The maximum atomic E-state index is 12.1. The molecule has 1 aromatic rings. The quantitative estimate of drug-likeness (QED) is 0.877. The van der Waals surface area contributed by atoms with E-state index >= 15 is 0 Å². The van der Waals surface area contributed by atoms with Crippen molar-refractivity contribution in [1.29, 1.82) is 0 Å². The summed E-state index contributed by atoms with van der Waals surface area (Å²) in [6, 6.07) is 7.51. The number of amides is 1. The van der Waals surface area contributed by atoms with Gasteiger partial charge in [0.05, 0.1) is 12.7 Å². The minimum absolute atomic E-state index is 0. The molecule has 100 valence electrons. The first-order chi connectivity index (χ1) is 8.31. The Balaban J connectivity index is 0.00000162. The van der Waals surface area contributed by atoms with E-state index in [1.54, 1.807) is 19.2 Å². The zero-order valence-corrected chi connectivity index (χ0v) is 11.3. The Hall–Kier alpha value is -1.26. The highest BCUT2D eigenvalue weighted by Crippen LogP contribution is 2.17. The summed E-state index contributed by atoms with van der Waals surface area (Å²) in [6.45, 7) is 1.89. The molecule has 1 heterocycles. The minimum atomic E-state index is -0.0591. The van der Waals surface area contributed by atoms with Gasteiger partial charge in [0, 0.05) is 12.6 Å². The van der Waals surface area contributed by atoms with E-state index in [9.17, 15) is 4.79 Å². The molecule has 0 saturated carbocycles. The molecule has 0 bridgehead atoms. The predicted octanol–water partition coefficient (Wildman–Crippen LogP) is 1.60. The second kappa shape index (κ2) is 7.24. The van der Waals surface area contributed by atoms with Crippen molar-refractivity contribution in [2.75, 3.05) is 20.2 Å². The first-order valence-corrected chi connectivity index (χ1v) is 5.96. The van der Waals surface area contributed by atoms with Gasteiger partial charge >= 0.3 is 0 Å². The molecule has 5 heteroatoms. The molecule has 1 fully saturated rings. The zero-order chi connectivity index (χ0) is 12.1. The molecule has 18 heavy (non-hydrogen) atoms. The lowest BCUT2D eigenvalue weighted by molar-refractivity contribution is 0.0927. The summed E-state index contributed by atoms with van der Waals surface area (Å²) < 4.78 is 5.18. The molecule has 1 aliphatic rings. The van der Waals surface area contributed by atoms with Gasteiger partial charge in [0.1, 0.15) is 5.75 Å². The number of carbonyl (C=O) groups is 1. The maximum Gasteiger partial charge on any atom is 0.255 e. The standard InChI is InChI=1S/C13H18N2O2.ClH/c1-17-12-7-3-2-6-11(12)13(16)15-10-5-4-8-14-9-10;/h2-3,6-7,10,14H,4-5,8-9H2,1H3,(H,15,16);1H/t10-;/m0./s1. The molecule has 0 unspecified atom stereocenters. The fourth-order valence-corrected chi connectivity index (χ4v) is 2.07. The lowest BCUT2D eigenvalue weighted by Gasteiger charge is -2.24. The largest absolute Gasteiger partial charge is 0.496 e. The first kappa shape index (κ1) is 14.8. The first-order valence-electron chi connectivity index (χ1n) is 5.96. The summed E-state index contributed by atoms with van der Waals surface area (Å²) in [5.41, 5.74) is 0.598. The summed E-state index contributed by atoms with van der Waals surface area (Å²) in [4.78, 5) is 12.1. The Morgan fingerprint density at radius 1 is 1.44 bits per heavy atom. The summed E-state index contributed by atoms with van der Waals surface area (Å²) >= 11 is 0. The monoisotopic (exact) mass is 270 g/mol. The van der Waals surface area contributed by atoms with Crippen LogP contribution in [0, 0.1) is 0 Å². The number of benzene rings is 1. The Labute approximate surface area is 114 Å². The van der Waals surface area contributed by atoms with Gasteiger partial charge in [-0.1, -0.05) is 12.1 Å². The molecule has 0 aromatic heterocycles. The number of methoxy groups -OCH3 is 1. The maximum absolute atomic E-state index is 12.1. The Kier molecular flexibility index (Phi) is 5.95. The van der Waals surface area contributed by atoms with E-state index < -0.39 is 0 Å². The van der Waals surface area contributed by atoms with Crippen LogP contribution in [0.15, 0.2) is 24.3 Å². The van der Waals surface area contributed by atoms with E-state index in [-0.39, 0.29) is 24.4 Å². The third-order valence-electron chi connectivity index (χ3n) is 2.98. The fraction of sp³-hybridized carbons (Fsp3) is 0.462. The molecule has 4 nitrogen and oxygen atoms in total. The number of hydrogen-bond donors (Lipinski definition) is 2. The van der Waals surface area contributed by atoms with Gasteiger partial charge in [0.15, 0.2) is 0 Å². The van der Waals surface area contributed by atoms with Gasteiger partial charge in [0.25, 0.3) is 5.91 Å². The van der Waals surface area contributed by atoms with Crippen LogP contribution in [0.25, 0.3) is 0 Å². The topological polar surface area (TPSA) is 50.4 Å². The minimum Gasteiger partial charge on any atom is -0.496 e. The van der Waals surface area contributed by atoms with Crippen molar-refractivity contribution in [1.82, 2.24) is 10.6 Å². The van der Waals surface area contributed by atoms with Crippen molar-refractivity contribution in [2.24, 2.45) is 0 Å². The number of nitrogens with one attached hydrogen (secondary N) is 2. The second-order valence-corrected chi connectivity index (χ2v) is 4.22. The van der Waals surface area contributed by atoms with Gasteiger partial charge in [-0.15, -0.1) is 12.4 Å². The van der Waals surface area contributed by atoms with Crippen molar-refractivity contribution in [3.63, 3.8) is 0 Å². The highest BCUT2D eigenvalue weighted by atomic mass is 35.5. The van der Waals surface area contributed by atoms with Gasteiger partial charge in [0.2, 0.25) is 0 Å². The molecule has 1 saturated heterocycles. The average molecular weight is 271 g/mol. The normalized spacial score (nSPS) is 18.6. The third kappa shape index (κ3) is 3.62. The Bertz CT molecular complexity index is 392. The summed E-state index contributed by atoms with van der Waals surface area (Å²) in [5.74, 6) is 0.560. The van der Waals surface area contributed by atoms with Gasteiger partial charge in [-0.3, -0.25) is 4.79 Å². The van der Waals surface area contributed by atoms with Crippen molar-refractivity contribution in [3.05, 3.63) is 29.8 Å². The van der Waals surface area contributed by atoms with Gasteiger partial charge in [-0.25, -0.2) is 0 Å². The van der Waals surface area contributed by atoms with Crippen LogP contribution in [0.1, 0.15) is 23.2 Å². The molecular formula is C13H19ClN2O2. The van der Waals surface area contributed by atoms with Crippen LogP contribution < -0.4 is 15.4 Å². The van der Waals surface area contributed by atoms with Crippen LogP contribution in [-0.2, 0) is 0 Å². The van der Waals surface area contributed by atoms with Gasteiger partial charge in [-0.05, 0) is 31.5 Å². The van der Waals surface area contributed by atoms with E-state index in [4.69, 9.17) is 4.74 Å². The Morgan fingerprint density at radius 2 is 2.22 bits per heavy atom. The number of piperidine rings is 1. The van der Waals surface area contributed by atoms with Crippen LogP contribution in [0.2, 0.25) is 0 Å². The Morgan fingerprint density at radius 3 is 2.89 bits per heavy atom. The SMILES string of the molecule is COc1ccccc1C(=O)N[C@H]1CCCNC1.Cl. The molecule has 0 radical (unpaired) electrons. The van der Waals surface area contributed by atoms with E-state index in [1.807, 2.05) is 12.1 Å². The van der Waals surface area contributed by atoms with Crippen LogP contribution >= 0.6 is 12.4 Å². The molecule has 0 aliphatic carbocycles. The summed E-state index contributed by atoms with van der Waals surface area (Å²) in [5, 5.41) is 6.30. The zero-order valence-electron chi connectivity index (χ0n) is 10.4. The number of ether oxygens (including phenoxy) is 1. The molecular weight excluding hydrogens is 252 g/mol. The summed E-state index contributed by atoms with van der Waals surface area (Å²) in [6.07, 6.45) is 2.14. The van der Waals surface area contributed by atoms with Crippen LogP contribution in [-0.4, -0.2) is 32.1 Å². The average Bonchev–Trinajstić information content (AvgIpc) is 2.40. The number of rotatable bonds is 3. The highest BCUT2D eigenvalue weighted by molar-refractivity contribution is 5.97. The van der Waals surface area contributed by atoms with Crippen molar-refractivity contribution in [2.45, 2.75) is 18.9 Å². The predicted molar refractivity (Wildman–Crippen MR) is 73.6 cm³/mol. The van der Waals surface area contributed by atoms with Crippen LogP contribution in [0.4, 0.5) is 0 Å². The van der Waals surface area contributed by atoms with Crippen LogP contribution in [0.3, 0.4) is 0 Å². The van der Waals surface area contributed by atoms with E-state index in [0.29, 0.717) is 11.3 Å². The number of hydrogen-bond acceptors (Lipinski definition) is 3. The molecule has 1 aromatic carbocycles. The molecule has 2 N–H and O–H groups in total. The highest BCUT2D eigenvalue weighted by Gasteiger charge is 2.18. The van der Waals surface area contributed by atoms with E-state index in [0.717, 1.165) is 25.9 Å². The molecule has 0 spiro atoms. The molecule has 1 amide bonds. The van der Waals surface area contributed by atoms with E-state index in [1.165, 1.54) is 0 Å².